The molecule has 19 heavy (non-hydrogen) atoms. The van der Waals surface area contributed by atoms with E-state index in [4.69, 9.17) is 4.74 Å². The minimum absolute atomic E-state index is 0. The molecule has 1 saturated carbocycles. The Morgan fingerprint density at radius 3 is 2.32 bits per heavy atom. The zero-order valence-corrected chi connectivity index (χ0v) is 13.2. The van der Waals surface area contributed by atoms with Crippen molar-refractivity contribution >= 4 is 30.8 Å². The fourth-order valence-corrected chi connectivity index (χ4v) is 2.68. The lowest BCUT2D eigenvalue weighted by atomic mass is 10.1. The summed E-state index contributed by atoms with van der Waals surface area (Å²) in [4.78, 5) is 11.9. The quantitative estimate of drug-likeness (QED) is 0.780. The molecule has 1 aliphatic carbocycles. The first kappa shape index (κ1) is 19.0. The van der Waals surface area contributed by atoms with Crippen molar-refractivity contribution in [2.75, 3.05) is 13.1 Å². The van der Waals surface area contributed by atoms with E-state index in [2.05, 4.69) is 10.6 Å². The van der Waals surface area contributed by atoms with E-state index in [1.54, 1.807) is 0 Å². The molecule has 1 saturated heterocycles. The van der Waals surface area contributed by atoms with Crippen LogP contribution in [0.3, 0.4) is 0 Å². The summed E-state index contributed by atoms with van der Waals surface area (Å²) in [5, 5.41) is 6.70. The topological polar surface area (TPSA) is 50.4 Å². The number of hydrogen-bond donors (Lipinski definition) is 2. The molecule has 0 unspecified atom stereocenters. The Hall–Kier alpha value is -0.0300. The molecular formula is C13H26Cl2N2O2. The molecule has 1 atom stereocenters. The molecule has 2 aliphatic rings. The first-order valence-corrected chi connectivity index (χ1v) is 6.93. The summed E-state index contributed by atoms with van der Waals surface area (Å²) in [6.45, 7) is 4.00. The van der Waals surface area contributed by atoms with E-state index < -0.39 is 0 Å². The van der Waals surface area contributed by atoms with Gasteiger partial charge >= 0.3 is 5.97 Å². The van der Waals surface area contributed by atoms with E-state index >= 15 is 0 Å². The minimum Gasteiger partial charge on any atom is -0.461 e. The molecule has 0 spiro atoms. The Morgan fingerprint density at radius 1 is 1.16 bits per heavy atom. The van der Waals surface area contributed by atoms with Crippen molar-refractivity contribution in [3.63, 3.8) is 0 Å². The van der Waals surface area contributed by atoms with Gasteiger partial charge in [-0.3, -0.25) is 4.79 Å². The molecule has 2 rings (SSSR count). The molecule has 1 aliphatic heterocycles. The highest BCUT2D eigenvalue weighted by atomic mass is 35.5. The van der Waals surface area contributed by atoms with Gasteiger partial charge in [0.2, 0.25) is 0 Å². The third-order valence-corrected chi connectivity index (χ3v) is 3.76. The molecule has 0 amide bonds. The summed E-state index contributed by atoms with van der Waals surface area (Å²) in [7, 11) is 0. The SMILES string of the molecule is C[C@H](NC1CCNCC1)C(=O)OC1CCCC1.Cl.Cl. The average molecular weight is 313 g/mol. The second-order valence-electron chi connectivity index (χ2n) is 5.26. The molecule has 1 heterocycles. The Morgan fingerprint density at radius 2 is 1.74 bits per heavy atom. The Balaban J connectivity index is 0.00000162. The molecule has 0 bridgehead atoms. The van der Waals surface area contributed by atoms with Crippen LogP contribution in [0.25, 0.3) is 0 Å². The van der Waals surface area contributed by atoms with Crippen LogP contribution >= 0.6 is 24.8 Å². The maximum atomic E-state index is 11.9. The molecule has 2 N–H and O–H groups in total. The highest BCUT2D eigenvalue weighted by molar-refractivity contribution is 5.85. The van der Waals surface area contributed by atoms with E-state index in [1.165, 1.54) is 12.8 Å². The van der Waals surface area contributed by atoms with Crippen LogP contribution in [-0.4, -0.2) is 37.2 Å². The van der Waals surface area contributed by atoms with Gasteiger partial charge in [-0.1, -0.05) is 0 Å². The molecule has 0 aromatic heterocycles. The lowest BCUT2D eigenvalue weighted by Crippen LogP contribution is -2.47. The van der Waals surface area contributed by atoms with E-state index in [1.807, 2.05) is 6.92 Å². The van der Waals surface area contributed by atoms with E-state index in [9.17, 15) is 4.79 Å². The summed E-state index contributed by atoms with van der Waals surface area (Å²) in [6, 6.07) is 0.293. The van der Waals surface area contributed by atoms with Gasteiger partial charge in [-0.25, -0.2) is 0 Å². The van der Waals surface area contributed by atoms with Crippen molar-refractivity contribution in [2.24, 2.45) is 0 Å². The number of halogens is 2. The predicted octanol–water partition coefficient (Wildman–Crippen LogP) is 2.05. The zero-order chi connectivity index (χ0) is 12.1. The Kier molecular flexibility index (Phi) is 9.79. The van der Waals surface area contributed by atoms with Gasteiger partial charge in [-0.15, -0.1) is 24.8 Å². The van der Waals surface area contributed by atoms with Crippen LogP contribution in [0.5, 0.6) is 0 Å². The summed E-state index contributed by atoms with van der Waals surface area (Å²) in [5.74, 6) is -0.0737. The van der Waals surface area contributed by atoms with Crippen LogP contribution in [0.1, 0.15) is 45.4 Å². The van der Waals surface area contributed by atoms with Gasteiger partial charge in [0.25, 0.3) is 0 Å². The number of hydrogen-bond acceptors (Lipinski definition) is 4. The number of esters is 1. The van der Waals surface area contributed by atoms with Crippen LogP contribution in [0, 0.1) is 0 Å². The van der Waals surface area contributed by atoms with Crippen molar-refractivity contribution in [1.82, 2.24) is 10.6 Å². The van der Waals surface area contributed by atoms with Gasteiger partial charge in [-0.05, 0) is 58.5 Å². The fourth-order valence-electron chi connectivity index (χ4n) is 2.68. The first-order valence-electron chi connectivity index (χ1n) is 6.93. The molecular weight excluding hydrogens is 287 g/mol. The van der Waals surface area contributed by atoms with Crippen molar-refractivity contribution in [1.29, 1.82) is 0 Å². The predicted molar refractivity (Wildman–Crippen MR) is 81.3 cm³/mol. The molecule has 6 heteroatoms. The normalized spacial score (nSPS) is 22.2. The maximum absolute atomic E-state index is 11.9. The lowest BCUT2D eigenvalue weighted by Gasteiger charge is -2.27. The van der Waals surface area contributed by atoms with Crippen LogP contribution in [-0.2, 0) is 9.53 Å². The van der Waals surface area contributed by atoms with Gasteiger partial charge in [0, 0.05) is 6.04 Å². The van der Waals surface area contributed by atoms with Gasteiger partial charge < -0.3 is 15.4 Å². The van der Waals surface area contributed by atoms with Gasteiger partial charge in [0.05, 0.1) is 0 Å². The average Bonchev–Trinajstić information content (AvgIpc) is 2.83. The van der Waals surface area contributed by atoms with E-state index in [0.717, 1.165) is 38.8 Å². The number of nitrogens with one attached hydrogen (secondary N) is 2. The minimum atomic E-state index is -0.168. The van der Waals surface area contributed by atoms with Crippen LogP contribution < -0.4 is 10.6 Å². The van der Waals surface area contributed by atoms with Crippen LogP contribution in [0.15, 0.2) is 0 Å². The Labute approximate surface area is 128 Å². The zero-order valence-electron chi connectivity index (χ0n) is 11.5. The highest BCUT2D eigenvalue weighted by Gasteiger charge is 2.24. The van der Waals surface area contributed by atoms with Crippen molar-refractivity contribution in [3.05, 3.63) is 0 Å². The molecule has 0 aromatic rings. The van der Waals surface area contributed by atoms with E-state index in [-0.39, 0.29) is 42.9 Å². The molecule has 0 radical (unpaired) electrons. The second kappa shape index (κ2) is 9.81. The summed E-state index contributed by atoms with van der Waals surface area (Å²) >= 11 is 0. The van der Waals surface area contributed by atoms with Gasteiger partial charge in [0.1, 0.15) is 12.1 Å². The molecule has 0 aromatic carbocycles. The number of carbonyl (C=O) groups is 1. The number of carbonyl (C=O) groups excluding carboxylic acids is 1. The fraction of sp³-hybridized carbons (Fsp3) is 0.923. The number of piperidine rings is 1. The lowest BCUT2D eigenvalue weighted by molar-refractivity contribution is -0.151. The van der Waals surface area contributed by atoms with Crippen molar-refractivity contribution < 1.29 is 9.53 Å². The number of ether oxygens (including phenoxy) is 1. The van der Waals surface area contributed by atoms with Crippen molar-refractivity contribution in [3.8, 4) is 0 Å². The molecule has 114 valence electrons. The van der Waals surface area contributed by atoms with Crippen LogP contribution in [0.4, 0.5) is 0 Å². The summed E-state index contributed by atoms with van der Waals surface area (Å²) in [5.41, 5.74) is 0. The second-order valence-corrected chi connectivity index (χ2v) is 5.26. The maximum Gasteiger partial charge on any atom is 0.323 e. The van der Waals surface area contributed by atoms with Crippen LogP contribution in [0.2, 0.25) is 0 Å². The third kappa shape index (κ3) is 6.30. The van der Waals surface area contributed by atoms with Crippen molar-refractivity contribution in [2.45, 2.75) is 63.6 Å². The molecule has 4 nitrogen and oxygen atoms in total. The Bertz CT molecular complexity index is 255. The third-order valence-electron chi connectivity index (χ3n) is 3.76. The standard InChI is InChI=1S/C13H24N2O2.2ClH/c1-10(15-11-6-8-14-9-7-11)13(16)17-12-4-2-3-5-12;;/h10-12,14-15H,2-9H2,1H3;2*1H/t10-;;/m0../s1. The van der Waals surface area contributed by atoms with E-state index in [0.29, 0.717) is 6.04 Å². The summed E-state index contributed by atoms with van der Waals surface area (Å²) in [6.07, 6.45) is 6.88. The highest BCUT2D eigenvalue weighted by Crippen LogP contribution is 2.21. The largest absolute Gasteiger partial charge is 0.461 e. The van der Waals surface area contributed by atoms with Gasteiger partial charge in [0.15, 0.2) is 0 Å². The smallest absolute Gasteiger partial charge is 0.323 e. The first-order chi connectivity index (χ1) is 8.25. The molecule has 2 fully saturated rings. The van der Waals surface area contributed by atoms with Gasteiger partial charge in [-0.2, -0.15) is 0 Å². The monoisotopic (exact) mass is 312 g/mol. The number of rotatable bonds is 4. The summed E-state index contributed by atoms with van der Waals surface area (Å²) < 4.78 is 5.50.